The van der Waals surface area contributed by atoms with Gasteiger partial charge in [-0.05, 0) is 43.2 Å². The zero-order chi connectivity index (χ0) is 14.0. The van der Waals surface area contributed by atoms with Crippen molar-refractivity contribution in [2.24, 2.45) is 0 Å². The molecule has 2 rings (SSSR count). The summed E-state index contributed by atoms with van der Waals surface area (Å²) < 4.78 is 0. The van der Waals surface area contributed by atoms with E-state index in [0.29, 0.717) is 11.3 Å². The van der Waals surface area contributed by atoms with Crippen molar-refractivity contribution in [2.75, 3.05) is 11.1 Å². The molecule has 0 saturated carbocycles. The maximum absolute atomic E-state index is 11.1. The molecule has 98 valence electrons. The third-order valence-corrected chi connectivity index (χ3v) is 3.16. The number of aromatic carboxylic acids is 1. The van der Waals surface area contributed by atoms with Crippen molar-refractivity contribution in [3.63, 3.8) is 0 Å². The predicted molar refractivity (Wildman–Crippen MR) is 77.0 cm³/mol. The summed E-state index contributed by atoms with van der Waals surface area (Å²) >= 11 is 0. The van der Waals surface area contributed by atoms with Gasteiger partial charge in [0.2, 0.25) is 0 Å². The van der Waals surface area contributed by atoms with Gasteiger partial charge in [0.05, 0.1) is 16.9 Å². The first-order valence-corrected chi connectivity index (χ1v) is 5.95. The van der Waals surface area contributed by atoms with Gasteiger partial charge in [0.25, 0.3) is 0 Å². The molecule has 0 atom stereocenters. The topological polar surface area (TPSA) is 75.3 Å². The number of aryl methyl sites for hydroxylation is 1. The molecular weight excluding hydrogens is 240 g/mol. The Labute approximate surface area is 111 Å². The van der Waals surface area contributed by atoms with Crippen LogP contribution in [0.4, 0.5) is 17.1 Å². The number of benzene rings is 2. The Bertz CT molecular complexity index is 636. The van der Waals surface area contributed by atoms with Crippen LogP contribution >= 0.6 is 0 Å². The van der Waals surface area contributed by atoms with Crippen LogP contribution in [0.25, 0.3) is 0 Å². The Balaban J connectivity index is 2.42. The fraction of sp³-hybridized carbons (Fsp3) is 0.133. The summed E-state index contributed by atoms with van der Waals surface area (Å²) in [7, 11) is 0. The summed E-state index contributed by atoms with van der Waals surface area (Å²) in [4.78, 5) is 11.1. The average molecular weight is 256 g/mol. The second-order valence-corrected chi connectivity index (χ2v) is 4.44. The van der Waals surface area contributed by atoms with Crippen LogP contribution in [0.5, 0.6) is 0 Å². The second kappa shape index (κ2) is 5.02. The van der Waals surface area contributed by atoms with Crippen molar-refractivity contribution in [3.8, 4) is 0 Å². The third-order valence-electron chi connectivity index (χ3n) is 3.16. The van der Waals surface area contributed by atoms with E-state index in [4.69, 9.17) is 10.8 Å². The standard InChI is InChI=1S/C15H16N2O2/c1-9-5-3-8-13(14(9)16)17-12-7-4-6-11(10(12)2)15(18)19/h3-8,17H,16H2,1-2H3,(H,18,19). The summed E-state index contributed by atoms with van der Waals surface area (Å²) in [5, 5.41) is 12.3. The molecule has 0 aliphatic rings. The quantitative estimate of drug-likeness (QED) is 0.736. The molecule has 0 aliphatic carbocycles. The van der Waals surface area contributed by atoms with Gasteiger partial charge in [-0.15, -0.1) is 0 Å². The maximum Gasteiger partial charge on any atom is 0.336 e. The van der Waals surface area contributed by atoms with Crippen molar-refractivity contribution in [3.05, 3.63) is 53.1 Å². The molecule has 0 aromatic heterocycles. The lowest BCUT2D eigenvalue weighted by Crippen LogP contribution is -2.04. The Morgan fingerprint density at radius 2 is 1.74 bits per heavy atom. The van der Waals surface area contributed by atoms with Crippen LogP contribution in [-0.2, 0) is 0 Å². The summed E-state index contributed by atoms with van der Waals surface area (Å²) in [6.07, 6.45) is 0. The fourth-order valence-electron chi connectivity index (χ4n) is 1.94. The highest BCUT2D eigenvalue weighted by Gasteiger charge is 2.11. The molecule has 4 nitrogen and oxygen atoms in total. The maximum atomic E-state index is 11.1. The van der Waals surface area contributed by atoms with Gasteiger partial charge in [0, 0.05) is 5.69 Å². The lowest BCUT2D eigenvalue weighted by atomic mass is 10.1. The molecule has 0 spiro atoms. The van der Waals surface area contributed by atoms with Crippen molar-refractivity contribution < 1.29 is 9.90 Å². The summed E-state index contributed by atoms with van der Waals surface area (Å²) in [6.45, 7) is 3.71. The largest absolute Gasteiger partial charge is 0.478 e. The van der Waals surface area contributed by atoms with E-state index in [1.807, 2.05) is 31.2 Å². The minimum atomic E-state index is -0.932. The van der Waals surface area contributed by atoms with Gasteiger partial charge < -0.3 is 16.2 Å². The lowest BCUT2D eigenvalue weighted by Gasteiger charge is -2.14. The normalized spacial score (nSPS) is 10.2. The van der Waals surface area contributed by atoms with Gasteiger partial charge in [-0.25, -0.2) is 4.79 Å². The van der Waals surface area contributed by atoms with Crippen molar-refractivity contribution >= 4 is 23.0 Å². The Morgan fingerprint density at radius 1 is 1.11 bits per heavy atom. The van der Waals surface area contributed by atoms with E-state index in [1.165, 1.54) is 0 Å². The van der Waals surface area contributed by atoms with E-state index in [9.17, 15) is 4.79 Å². The second-order valence-electron chi connectivity index (χ2n) is 4.44. The first-order chi connectivity index (χ1) is 9.00. The average Bonchev–Trinajstić information content (AvgIpc) is 2.37. The minimum absolute atomic E-state index is 0.288. The molecule has 0 saturated heterocycles. The number of nitrogens with one attached hydrogen (secondary N) is 1. The molecule has 0 amide bonds. The van der Waals surface area contributed by atoms with Crippen LogP contribution < -0.4 is 11.1 Å². The van der Waals surface area contributed by atoms with Crippen LogP contribution in [0.15, 0.2) is 36.4 Å². The number of nitrogen functional groups attached to an aromatic ring is 1. The van der Waals surface area contributed by atoms with Gasteiger partial charge in [0.15, 0.2) is 0 Å². The fourth-order valence-corrected chi connectivity index (χ4v) is 1.94. The first kappa shape index (κ1) is 13.0. The molecule has 2 aromatic carbocycles. The van der Waals surface area contributed by atoms with Crippen molar-refractivity contribution in [1.29, 1.82) is 0 Å². The number of carboxylic acids is 1. The molecule has 0 aliphatic heterocycles. The van der Waals surface area contributed by atoms with Crippen molar-refractivity contribution in [2.45, 2.75) is 13.8 Å². The van der Waals surface area contributed by atoms with E-state index in [2.05, 4.69) is 5.32 Å². The van der Waals surface area contributed by atoms with E-state index >= 15 is 0 Å². The van der Waals surface area contributed by atoms with Crippen LogP contribution in [-0.4, -0.2) is 11.1 Å². The molecule has 0 heterocycles. The van der Waals surface area contributed by atoms with E-state index in [0.717, 1.165) is 16.9 Å². The highest BCUT2D eigenvalue weighted by atomic mass is 16.4. The molecule has 0 bridgehead atoms. The number of carboxylic acid groups (broad SMARTS) is 1. The van der Waals surface area contributed by atoms with Crippen molar-refractivity contribution in [1.82, 2.24) is 0 Å². The van der Waals surface area contributed by atoms with Crippen LogP contribution in [0.1, 0.15) is 21.5 Å². The Kier molecular flexibility index (Phi) is 3.42. The smallest absolute Gasteiger partial charge is 0.336 e. The van der Waals surface area contributed by atoms with E-state index in [-0.39, 0.29) is 5.56 Å². The zero-order valence-corrected chi connectivity index (χ0v) is 10.9. The van der Waals surface area contributed by atoms with Gasteiger partial charge in [-0.2, -0.15) is 0 Å². The van der Waals surface area contributed by atoms with E-state index in [1.54, 1.807) is 19.1 Å². The number of nitrogens with two attached hydrogens (primary N) is 1. The molecule has 19 heavy (non-hydrogen) atoms. The number of hydrogen-bond donors (Lipinski definition) is 3. The number of carbonyl (C=O) groups is 1. The number of rotatable bonds is 3. The lowest BCUT2D eigenvalue weighted by molar-refractivity contribution is 0.0696. The minimum Gasteiger partial charge on any atom is -0.478 e. The third kappa shape index (κ3) is 2.52. The van der Waals surface area contributed by atoms with Gasteiger partial charge >= 0.3 is 5.97 Å². The first-order valence-electron chi connectivity index (χ1n) is 5.95. The van der Waals surface area contributed by atoms with Crippen LogP contribution in [0.3, 0.4) is 0 Å². The molecule has 4 heteroatoms. The summed E-state index contributed by atoms with van der Waals surface area (Å²) in [6, 6.07) is 10.8. The summed E-state index contributed by atoms with van der Waals surface area (Å²) in [5.41, 5.74) is 10.2. The number of anilines is 3. The zero-order valence-electron chi connectivity index (χ0n) is 10.9. The van der Waals surface area contributed by atoms with Crippen LogP contribution in [0.2, 0.25) is 0 Å². The number of para-hydroxylation sites is 1. The monoisotopic (exact) mass is 256 g/mol. The molecule has 4 N–H and O–H groups in total. The van der Waals surface area contributed by atoms with Gasteiger partial charge in [0.1, 0.15) is 0 Å². The molecule has 2 aromatic rings. The Hall–Kier alpha value is -2.49. The Morgan fingerprint density at radius 3 is 2.42 bits per heavy atom. The molecule has 0 radical (unpaired) electrons. The predicted octanol–water partition coefficient (Wildman–Crippen LogP) is 3.33. The molecule has 0 unspecified atom stereocenters. The molecular formula is C15H16N2O2. The highest BCUT2D eigenvalue weighted by molar-refractivity contribution is 5.92. The highest BCUT2D eigenvalue weighted by Crippen LogP contribution is 2.28. The van der Waals surface area contributed by atoms with Crippen LogP contribution in [0, 0.1) is 13.8 Å². The van der Waals surface area contributed by atoms with Gasteiger partial charge in [-0.3, -0.25) is 0 Å². The number of hydrogen-bond acceptors (Lipinski definition) is 3. The van der Waals surface area contributed by atoms with Gasteiger partial charge in [-0.1, -0.05) is 18.2 Å². The molecule has 0 fully saturated rings. The SMILES string of the molecule is Cc1cccc(Nc2cccc(C(=O)O)c2C)c1N. The van der Waals surface area contributed by atoms with E-state index < -0.39 is 5.97 Å². The summed E-state index contributed by atoms with van der Waals surface area (Å²) in [5.74, 6) is -0.932.